The van der Waals surface area contributed by atoms with Crippen molar-refractivity contribution in [2.24, 2.45) is 5.92 Å². The van der Waals surface area contributed by atoms with Gasteiger partial charge in [-0.15, -0.1) is 0 Å². The molecule has 0 spiro atoms. The average molecular weight is 388 g/mol. The molecular weight excluding hydrogens is 360 g/mol. The number of nitrogens with zero attached hydrogens (tertiary/aromatic N) is 2. The van der Waals surface area contributed by atoms with E-state index in [4.69, 9.17) is 4.74 Å². The largest absolute Gasteiger partial charge is 0.451 e. The number of esters is 1. The van der Waals surface area contributed by atoms with Gasteiger partial charge in [-0.1, -0.05) is 20.8 Å². The van der Waals surface area contributed by atoms with Crippen LogP contribution >= 0.6 is 0 Å². The SMILES string of the molecule is CCCn1c(C)cc(C=C(C#N)C(=O)OCC(=O)NC(=O)NCC(C)C)c1C. The van der Waals surface area contributed by atoms with Crippen molar-refractivity contribution in [3.05, 3.63) is 28.6 Å². The van der Waals surface area contributed by atoms with Crippen LogP contribution in [0.5, 0.6) is 0 Å². The first-order valence-corrected chi connectivity index (χ1v) is 9.22. The zero-order valence-electron chi connectivity index (χ0n) is 17.1. The van der Waals surface area contributed by atoms with Crippen LogP contribution in [0.1, 0.15) is 44.1 Å². The Kier molecular flexibility index (Phi) is 8.96. The number of carbonyl (C=O) groups is 3. The molecule has 0 aliphatic carbocycles. The summed E-state index contributed by atoms with van der Waals surface area (Å²) >= 11 is 0. The van der Waals surface area contributed by atoms with E-state index in [1.54, 1.807) is 6.07 Å². The number of ether oxygens (including phenoxy) is 1. The van der Waals surface area contributed by atoms with E-state index in [2.05, 4.69) is 22.1 Å². The second kappa shape index (κ2) is 10.9. The number of hydrogen-bond donors (Lipinski definition) is 2. The Hall–Kier alpha value is -3.08. The van der Waals surface area contributed by atoms with Crippen LogP contribution in [0.25, 0.3) is 6.08 Å². The Balaban J connectivity index is 2.71. The summed E-state index contributed by atoms with van der Waals surface area (Å²) in [5.41, 5.74) is 2.51. The second-order valence-electron chi connectivity index (χ2n) is 6.88. The van der Waals surface area contributed by atoms with Crippen molar-refractivity contribution in [3.8, 4) is 6.07 Å². The molecule has 0 radical (unpaired) electrons. The lowest BCUT2D eigenvalue weighted by Crippen LogP contribution is -2.42. The van der Waals surface area contributed by atoms with Crippen LogP contribution in [-0.2, 0) is 20.9 Å². The maximum absolute atomic E-state index is 12.1. The lowest BCUT2D eigenvalue weighted by molar-refractivity contribution is -0.144. The van der Waals surface area contributed by atoms with Gasteiger partial charge in [0.25, 0.3) is 5.91 Å². The van der Waals surface area contributed by atoms with Crippen LogP contribution in [0.15, 0.2) is 11.6 Å². The molecule has 28 heavy (non-hydrogen) atoms. The number of nitrogens with one attached hydrogen (secondary N) is 2. The Morgan fingerprint density at radius 3 is 2.57 bits per heavy atom. The molecule has 8 heteroatoms. The van der Waals surface area contributed by atoms with E-state index in [9.17, 15) is 19.6 Å². The number of hydrogen-bond acceptors (Lipinski definition) is 5. The zero-order valence-corrected chi connectivity index (χ0v) is 17.1. The second-order valence-corrected chi connectivity index (χ2v) is 6.88. The minimum absolute atomic E-state index is 0.214. The monoisotopic (exact) mass is 388 g/mol. The van der Waals surface area contributed by atoms with Crippen molar-refractivity contribution in [2.75, 3.05) is 13.2 Å². The lowest BCUT2D eigenvalue weighted by Gasteiger charge is -2.09. The van der Waals surface area contributed by atoms with Gasteiger partial charge in [0, 0.05) is 24.5 Å². The highest BCUT2D eigenvalue weighted by Crippen LogP contribution is 2.19. The number of urea groups is 1. The minimum atomic E-state index is -0.916. The Labute approximate surface area is 165 Å². The van der Waals surface area contributed by atoms with Gasteiger partial charge < -0.3 is 14.6 Å². The fraction of sp³-hybridized carbons (Fsp3) is 0.500. The van der Waals surface area contributed by atoms with E-state index < -0.39 is 24.5 Å². The maximum Gasteiger partial charge on any atom is 0.349 e. The maximum atomic E-state index is 12.1. The van der Waals surface area contributed by atoms with Gasteiger partial charge in [0.1, 0.15) is 11.6 Å². The van der Waals surface area contributed by atoms with Crippen molar-refractivity contribution >= 4 is 24.0 Å². The average Bonchev–Trinajstić information content (AvgIpc) is 2.90. The molecule has 0 bridgehead atoms. The van der Waals surface area contributed by atoms with Crippen LogP contribution in [0, 0.1) is 31.1 Å². The topological polar surface area (TPSA) is 113 Å². The predicted octanol–water partition coefficient (Wildman–Crippen LogP) is 2.45. The smallest absolute Gasteiger partial charge is 0.349 e. The molecule has 0 saturated carbocycles. The third kappa shape index (κ3) is 6.91. The normalized spacial score (nSPS) is 11.1. The first-order chi connectivity index (χ1) is 13.2. The minimum Gasteiger partial charge on any atom is -0.451 e. The van der Waals surface area contributed by atoms with Crippen molar-refractivity contribution in [2.45, 2.75) is 47.6 Å². The van der Waals surface area contributed by atoms with Gasteiger partial charge >= 0.3 is 12.0 Å². The van der Waals surface area contributed by atoms with Gasteiger partial charge in [-0.3, -0.25) is 10.1 Å². The summed E-state index contributed by atoms with van der Waals surface area (Å²) in [5, 5.41) is 13.8. The molecule has 0 aliphatic rings. The molecule has 0 fully saturated rings. The highest BCUT2D eigenvalue weighted by atomic mass is 16.5. The third-order valence-corrected chi connectivity index (χ3v) is 3.96. The van der Waals surface area contributed by atoms with Gasteiger partial charge in [0.05, 0.1) is 0 Å². The molecule has 3 amide bonds. The number of carbonyl (C=O) groups excluding carboxylic acids is 3. The molecule has 0 unspecified atom stereocenters. The molecule has 8 nitrogen and oxygen atoms in total. The molecule has 1 aromatic rings. The molecule has 1 heterocycles. The zero-order chi connectivity index (χ0) is 21.3. The van der Waals surface area contributed by atoms with Crippen LogP contribution < -0.4 is 10.6 Å². The van der Waals surface area contributed by atoms with Gasteiger partial charge in [0.2, 0.25) is 0 Å². The van der Waals surface area contributed by atoms with E-state index in [1.807, 2.05) is 33.8 Å². The summed E-state index contributed by atoms with van der Waals surface area (Å²) in [6.07, 6.45) is 2.41. The number of amides is 3. The van der Waals surface area contributed by atoms with Crippen LogP contribution in [0.4, 0.5) is 4.79 Å². The van der Waals surface area contributed by atoms with Gasteiger partial charge in [-0.2, -0.15) is 5.26 Å². The van der Waals surface area contributed by atoms with Gasteiger partial charge in [-0.25, -0.2) is 9.59 Å². The van der Waals surface area contributed by atoms with Crippen LogP contribution in [0.3, 0.4) is 0 Å². The number of rotatable bonds is 8. The molecule has 0 atom stereocenters. The Morgan fingerprint density at radius 1 is 1.32 bits per heavy atom. The van der Waals surface area contributed by atoms with Crippen molar-refractivity contribution in [1.29, 1.82) is 5.26 Å². The van der Waals surface area contributed by atoms with Crippen LogP contribution in [0.2, 0.25) is 0 Å². The molecule has 1 aromatic heterocycles. The summed E-state index contributed by atoms with van der Waals surface area (Å²) in [6.45, 7) is 10.4. The van der Waals surface area contributed by atoms with E-state index in [0.29, 0.717) is 6.54 Å². The quantitative estimate of drug-likeness (QED) is 0.403. The lowest BCUT2D eigenvalue weighted by atomic mass is 10.1. The molecule has 0 saturated heterocycles. The highest BCUT2D eigenvalue weighted by Gasteiger charge is 2.16. The third-order valence-electron chi connectivity index (χ3n) is 3.96. The Morgan fingerprint density at radius 2 is 2.00 bits per heavy atom. The number of imide groups is 1. The molecular formula is C20H28N4O4. The highest BCUT2D eigenvalue weighted by molar-refractivity contribution is 6.00. The molecule has 0 aliphatic heterocycles. The number of aryl methyl sites for hydroxylation is 1. The predicted molar refractivity (Wildman–Crippen MR) is 105 cm³/mol. The van der Waals surface area contributed by atoms with Gasteiger partial charge in [-0.05, 0) is 43.9 Å². The first-order valence-electron chi connectivity index (χ1n) is 9.22. The van der Waals surface area contributed by atoms with Crippen LogP contribution in [-0.4, -0.2) is 35.6 Å². The first kappa shape index (κ1) is 23.0. The van der Waals surface area contributed by atoms with Crippen molar-refractivity contribution in [1.82, 2.24) is 15.2 Å². The number of aromatic nitrogens is 1. The summed E-state index contributed by atoms with van der Waals surface area (Å²) in [6, 6.07) is 3.03. The van der Waals surface area contributed by atoms with E-state index in [1.165, 1.54) is 6.08 Å². The standard InChI is InChI=1S/C20H28N4O4/c1-6-7-24-14(4)8-16(15(24)5)9-17(10-21)19(26)28-12-18(25)23-20(27)22-11-13(2)3/h8-9,13H,6-7,11-12H2,1-5H3,(H2,22,23,25,27). The van der Waals surface area contributed by atoms with E-state index in [0.717, 1.165) is 29.9 Å². The summed E-state index contributed by atoms with van der Waals surface area (Å²) in [7, 11) is 0. The van der Waals surface area contributed by atoms with Gasteiger partial charge in [0.15, 0.2) is 6.61 Å². The van der Waals surface area contributed by atoms with Crippen molar-refractivity contribution in [3.63, 3.8) is 0 Å². The van der Waals surface area contributed by atoms with E-state index >= 15 is 0 Å². The molecule has 0 aromatic carbocycles. The molecule has 2 N–H and O–H groups in total. The fourth-order valence-electron chi connectivity index (χ4n) is 2.55. The Bertz CT molecular complexity index is 800. The summed E-state index contributed by atoms with van der Waals surface area (Å²) < 4.78 is 6.96. The summed E-state index contributed by atoms with van der Waals surface area (Å²) in [4.78, 5) is 35.3. The van der Waals surface area contributed by atoms with E-state index in [-0.39, 0.29) is 11.5 Å². The number of nitriles is 1. The van der Waals surface area contributed by atoms with Crippen molar-refractivity contribution < 1.29 is 19.1 Å². The fourth-order valence-corrected chi connectivity index (χ4v) is 2.55. The summed E-state index contributed by atoms with van der Waals surface area (Å²) in [5.74, 6) is -1.45. The molecule has 1 rings (SSSR count). The molecule has 152 valence electrons.